The van der Waals surface area contributed by atoms with Gasteiger partial charge in [0.05, 0.1) is 54.8 Å². The number of rotatable bonds is 30. The van der Waals surface area contributed by atoms with Crippen LogP contribution in [0.5, 0.6) is 0 Å². The molecule has 0 saturated carbocycles. The number of hydrogen-bond donors (Lipinski definition) is 10. The van der Waals surface area contributed by atoms with Gasteiger partial charge in [-0.05, 0) is 102 Å². The zero-order valence-corrected chi connectivity index (χ0v) is 52.8. The van der Waals surface area contributed by atoms with E-state index in [2.05, 4.69) is 69.5 Å². The molecule has 490 valence electrons. The van der Waals surface area contributed by atoms with Gasteiger partial charge in [-0.2, -0.15) is 19.6 Å². The van der Waals surface area contributed by atoms with Crippen molar-refractivity contribution in [2.45, 2.75) is 81.2 Å². The summed E-state index contributed by atoms with van der Waals surface area (Å²) in [5.74, 6) is -3.29. The van der Waals surface area contributed by atoms with E-state index in [4.69, 9.17) is 23.2 Å². The molecule has 0 fully saturated rings. The highest BCUT2D eigenvalue weighted by molar-refractivity contribution is 7.93. The Hall–Kier alpha value is -11.0. The number of aromatic nitrogens is 4. The van der Waals surface area contributed by atoms with Crippen molar-refractivity contribution in [3.05, 3.63) is 211 Å². The van der Waals surface area contributed by atoms with Crippen LogP contribution in [0.3, 0.4) is 0 Å². The minimum absolute atomic E-state index is 0.0410. The normalized spacial score (nSPS) is 11.5. The number of carbonyl (C=O) groups is 6. The van der Waals surface area contributed by atoms with Gasteiger partial charge in [-0.3, -0.25) is 59.7 Å². The quantitative estimate of drug-likeness (QED) is 0.0114. The first-order chi connectivity index (χ1) is 44.9. The average Bonchev–Trinajstić information content (AvgIpc) is 1.32. The highest BCUT2D eigenvalue weighted by atomic mass is 35.5. The summed E-state index contributed by atoms with van der Waals surface area (Å²) >= 11 is 12.8. The number of benzene rings is 6. The molecule has 34 heteroatoms. The van der Waals surface area contributed by atoms with E-state index in [1.165, 1.54) is 146 Å². The van der Waals surface area contributed by atoms with Crippen molar-refractivity contribution in [1.29, 1.82) is 0 Å². The molecule has 2 aromatic heterocycles. The fourth-order valence-corrected chi connectivity index (χ4v) is 12.1. The van der Waals surface area contributed by atoms with Crippen LogP contribution in [0.2, 0.25) is 10.0 Å². The minimum atomic E-state index is -4.41. The number of hydrogen-bond acceptors (Lipinski definition) is 18. The third-order valence-electron chi connectivity index (χ3n) is 13.9. The Morgan fingerprint density at radius 3 is 1.34 bits per heavy atom. The predicted octanol–water partition coefficient (Wildman–Crippen LogP) is 10.2. The standard InChI is InChI=1S/C60H60Cl2N16O14S2/c1-2-3-4-5-6-7-8-40(58(82)68-48-22-28-52(62)54(31-48)94(91,92)74-46-19-15-44(16-20-46)70-72-60(84)76-37-42(35-66-76)57(81)64-33-39-11-25-50(26-12-39)78(87)88)29-55(79)67-47-21-27-51(61)53(30-47)93(89,90)73-45-17-13-43(14-18-45)69-71-59(83)75-36-41(34-65-75)56(80)63-32-38-9-23-49(24-10-38)77(85)86/h9-28,30-31,34-37,40,69-70,73-74H,2-8,29,32-33H2,1H3,(H,63,80)(H,64,81)(H,67,79)(H,68,82)(H,71,83)(H,72,84). The van der Waals surface area contributed by atoms with Crippen LogP contribution in [0, 0.1) is 26.1 Å². The van der Waals surface area contributed by atoms with Gasteiger partial charge in [0.1, 0.15) is 9.79 Å². The van der Waals surface area contributed by atoms with E-state index in [1.807, 2.05) is 0 Å². The third kappa shape index (κ3) is 19.5. The summed E-state index contributed by atoms with van der Waals surface area (Å²) < 4.78 is 61.7. The van der Waals surface area contributed by atoms with E-state index in [9.17, 15) is 65.8 Å². The number of nitro benzene ring substituents is 2. The summed E-state index contributed by atoms with van der Waals surface area (Å²) in [6.45, 7) is 2.20. The monoisotopic (exact) mass is 1360 g/mol. The summed E-state index contributed by atoms with van der Waals surface area (Å²) in [4.78, 5) is 98.8. The molecule has 0 aliphatic heterocycles. The van der Waals surface area contributed by atoms with Gasteiger partial charge in [0.2, 0.25) is 11.8 Å². The summed E-state index contributed by atoms with van der Waals surface area (Å²) in [7, 11) is -8.82. The Labute approximate surface area is 546 Å². The van der Waals surface area contributed by atoms with Gasteiger partial charge in [-0.15, -0.1) is 0 Å². The van der Waals surface area contributed by atoms with Crippen LogP contribution in [0.15, 0.2) is 168 Å². The van der Waals surface area contributed by atoms with Crippen LogP contribution < -0.4 is 52.4 Å². The number of carbonyl (C=O) groups excluding carboxylic acids is 6. The molecule has 0 aliphatic rings. The van der Waals surface area contributed by atoms with Gasteiger partial charge < -0.3 is 21.3 Å². The second-order valence-corrected chi connectivity index (χ2v) is 24.9. The van der Waals surface area contributed by atoms with E-state index >= 15 is 0 Å². The van der Waals surface area contributed by atoms with Gasteiger partial charge in [0, 0.05) is 84.8 Å². The molecule has 0 aliphatic carbocycles. The second kappa shape index (κ2) is 31.9. The van der Waals surface area contributed by atoms with E-state index in [0.717, 1.165) is 53.6 Å². The van der Waals surface area contributed by atoms with Crippen molar-refractivity contribution in [2.75, 3.05) is 30.9 Å². The molecular weight excluding hydrogens is 1300 g/mol. The predicted molar refractivity (Wildman–Crippen MR) is 349 cm³/mol. The number of nitro groups is 2. The Kier molecular flexibility index (Phi) is 23.4. The summed E-state index contributed by atoms with van der Waals surface area (Å²) in [6.07, 6.45) is 9.90. The Morgan fingerprint density at radius 1 is 0.521 bits per heavy atom. The number of unbranched alkanes of at least 4 members (excludes halogenated alkanes) is 5. The van der Waals surface area contributed by atoms with E-state index in [0.29, 0.717) is 28.9 Å². The van der Waals surface area contributed by atoms with E-state index < -0.39 is 81.3 Å². The Bertz CT molecular complexity index is 4330. The molecule has 0 saturated heterocycles. The number of hydrazine groups is 2. The lowest BCUT2D eigenvalue weighted by Gasteiger charge is -2.18. The van der Waals surface area contributed by atoms with Gasteiger partial charge in [-0.1, -0.05) is 92.9 Å². The Balaban J connectivity index is 0.823. The lowest BCUT2D eigenvalue weighted by Crippen LogP contribution is -2.33. The second-order valence-electron chi connectivity index (χ2n) is 20.8. The Morgan fingerprint density at radius 2 is 0.915 bits per heavy atom. The molecule has 0 radical (unpaired) electrons. The first-order valence-electron chi connectivity index (χ1n) is 28.6. The molecule has 0 spiro atoms. The molecule has 94 heavy (non-hydrogen) atoms. The SMILES string of the molecule is CCCCCCCCC(CC(=O)Nc1ccc(Cl)c(S(=O)(=O)Nc2ccc(NNC(=O)n3cc(C(=O)NCc4ccc([N+](=O)[O-])cc4)cn3)cc2)c1)C(=O)Nc1ccc(Cl)c(S(=O)(=O)Nc2ccc(NNC(=O)n3cc(C(=O)NCc4ccc([N+](=O)[O-])cc4)cn3)cc2)c1. The van der Waals surface area contributed by atoms with Gasteiger partial charge in [-0.25, -0.2) is 37.3 Å². The molecule has 6 amide bonds. The minimum Gasteiger partial charge on any atom is -0.348 e. The number of non-ortho nitro benzene ring substituents is 2. The molecule has 30 nitrogen and oxygen atoms in total. The van der Waals surface area contributed by atoms with Crippen LogP contribution >= 0.6 is 23.2 Å². The fourth-order valence-electron chi connectivity index (χ4n) is 8.92. The van der Waals surface area contributed by atoms with Crippen LogP contribution in [0.25, 0.3) is 0 Å². The number of sulfonamides is 2. The van der Waals surface area contributed by atoms with Crippen LogP contribution in [-0.4, -0.2) is 81.9 Å². The third-order valence-corrected chi connectivity index (χ3v) is 17.6. The molecule has 0 bridgehead atoms. The molecular formula is C60H60Cl2N16O14S2. The molecule has 8 rings (SSSR count). The first-order valence-corrected chi connectivity index (χ1v) is 32.4. The van der Waals surface area contributed by atoms with Crippen LogP contribution in [0.4, 0.5) is 55.1 Å². The summed E-state index contributed by atoms with van der Waals surface area (Å²) in [5, 5.41) is 40.0. The zero-order chi connectivity index (χ0) is 67.5. The highest BCUT2D eigenvalue weighted by Crippen LogP contribution is 2.31. The van der Waals surface area contributed by atoms with E-state index in [1.54, 1.807) is 0 Å². The smallest absolute Gasteiger partial charge is 0.348 e. The maximum Gasteiger partial charge on any atom is 0.360 e. The van der Waals surface area contributed by atoms with Crippen molar-refractivity contribution in [2.24, 2.45) is 5.92 Å². The molecule has 1 unspecified atom stereocenters. The van der Waals surface area contributed by atoms with Crippen LogP contribution in [0.1, 0.15) is 90.1 Å². The van der Waals surface area contributed by atoms with Gasteiger partial charge in [0.15, 0.2) is 0 Å². The highest BCUT2D eigenvalue weighted by Gasteiger charge is 2.26. The summed E-state index contributed by atoms with van der Waals surface area (Å²) in [6, 6.07) is 28.7. The zero-order valence-electron chi connectivity index (χ0n) is 49.6. The van der Waals surface area contributed by atoms with Crippen molar-refractivity contribution in [3.8, 4) is 0 Å². The average molecular weight is 1360 g/mol. The van der Waals surface area contributed by atoms with Crippen molar-refractivity contribution >= 4 is 124 Å². The fraction of sp³-hybridized carbons (Fsp3) is 0.200. The van der Waals surface area contributed by atoms with Crippen molar-refractivity contribution < 1.29 is 55.4 Å². The number of nitrogens with one attached hydrogen (secondary N) is 10. The van der Waals surface area contributed by atoms with E-state index in [-0.39, 0.29) is 81.2 Å². The first kappa shape index (κ1) is 68.9. The van der Waals surface area contributed by atoms with Crippen LogP contribution in [-0.2, 0) is 42.7 Å². The molecule has 8 aromatic rings. The number of nitrogens with zero attached hydrogens (tertiary/aromatic N) is 6. The molecule has 1 atom stereocenters. The summed E-state index contributed by atoms with van der Waals surface area (Å²) in [5.41, 5.74) is 12.2. The van der Waals surface area contributed by atoms with Gasteiger partial charge >= 0.3 is 12.1 Å². The van der Waals surface area contributed by atoms with Gasteiger partial charge in [0.25, 0.3) is 43.2 Å². The largest absolute Gasteiger partial charge is 0.360 e. The molecule has 6 aromatic carbocycles. The number of amides is 6. The molecule has 2 heterocycles. The number of anilines is 6. The maximum atomic E-state index is 14.1. The lowest BCUT2D eigenvalue weighted by atomic mass is 9.95. The maximum absolute atomic E-state index is 14.1. The van der Waals surface area contributed by atoms with Crippen molar-refractivity contribution in [3.63, 3.8) is 0 Å². The topological polar surface area (TPSA) is 413 Å². The number of halogens is 2. The molecule has 10 N–H and O–H groups in total. The van der Waals surface area contributed by atoms with Crippen molar-refractivity contribution in [1.82, 2.24) is 41.0 Å². The lowest BCUT2D eigenvalue weighted by molar-refractivity contribution is -0.385.